The van der Waals surface area contributed by atoms with Crippen LogP contribution in [0.5, 0.6) is 0 Å². The van der Waals surface area contributed by atoms with Gasteiger partial charge in [-0.05, 0) is 5.56 Å². The zero-order valence-corrected chi connectivity index (χ0v) is 18.7. The van der Waals surface area contributed by atoms with E-state index in [1.54, 1.807) is 30.3 Å². The molecule has 5 atom stereocenters. The summed E-state index contributed by atoms with van der Waals surface area (Å²) in [5.74, 6) is -2.48. The second-order valence-corrected chi connectivity index (χ2v) is 9.05. The highest BCUT2D eigenvalue weighted by Crippen LogP contribution is 2.29. The maximum atomic E-state index is 12.7. The Morgan fingerprint density at radius 3 is 2.13 bits per heavy atom. The summed E-state index contributed by atoms with van der Waals surface area (Å²) >= 11 is 6.26. The Morgan fingerprint density at radius 1 is 1.00 bits per heavy atom. The number of rotatable bonds is 8. The number of ether oxygens (including phenoxy) is 4. The molecule has 1 aliphatic heterocycles. The normalized spacial score (nSPS) is 26.0. The molecule has 1 heterocycles. The molecule has 5 unspecified atom stereocenters. The van der Waals surface area contributed by atoms with Gasteiger partial charge in [0.25, 0.3) is 0 Å². The van der Waals surface area contributed by atoms with Crippen molar-refractivity contribution in [2.24, 2.45) is 0 Å². The molecule has 31 heavy (non-hydrogen) atoms. The number of hydrogen-bond acceptors (Lipinski definition) is 9. The van der Waals surface area contributed by atoms with Crippen molar-refractivity contribution in [3.63, 3.8) is 0 Å². The Balaban J connectivity index is 2.31. The lowest BCUT2D eigenvalue weighted by Crippen LogP contribution is -2.65. The lowest BCUT2D eigenvalue weighted by Gasteiger charge is -2.43. The van der Waals surface area contributed by atoms with Crippen LogP contribution in [0.15, 0.2) is 30.3 Å². The van der Waals surface area contributed by atoms with Crippen LogP contribution in [0.25, 0.3) is 0 Å². The minimum atomic E-state index is -3.96. The number of esters is 3. The van der Waals surface area contributed by atoms with E-state index in [1.807, 2.05) is 0 Å². The maximum Gasteiger partial charge on any atom is 0.303 e. The molecule has 12 heteroatoms. The van der Waals surface area contributed by atoms with Crippen LogP contribution in [0, 0.1) is 0 Å². The molecular weight excluding hydrogens is 454 g/mol. The molecule has 1 aliphatic rings. The van der Waals surface area contributed by atoms with Gasteiger partial charge in [-0.15, -0.1) is 0 Å². The predicted octanol–water partition coefficient (Wildman–Crippen LogP) is 0.865. The van der Waals surface area contributed by atoms with E-state index >= 15 is 0 Å². The van der Waals surface area contributed by atoms with Gasteiger partial charge in [0.15, 0.2) is 17.8 Å². The van der Waals surface area contributed by atoms with E-state index in [-0.39, 0.29) is 12.4 Å². The van der Waals surface area contributed by atoms with E-state index in [0.29, 0.717) is 5.56 Å². The van der Waals surface area contributed by atoms with Crippen molar-refractivity contribution < 1.29 is 41.7 Å². The van der Waals surface area contributed by atoms with Gasteiger partial charge in [0, 0.05) is 20.8 Å². The molecule has 1 saturated heterocycles. The second kappa shape index (κ2) is 10.9. The maximum absolute atomic E-state index is 12.7. The summed E-state index contributed by atoms with van der Waals surface area (Å²) in [5, 5.41) is 0. The van der Waals surface area contributed by atoms with Crippen molar-refractivity contribution in [2.75, 3.05) is 6.61 Å². The molecule has 0 spiro atoms. The first kappa shape index (κ1) is 25.1. The van der Waals surface area contributed by atoms with E-state index in [0.717, 1.165) is 13.8 Å². The average Bonchev–Trinajstić information content (AvgIpc) is 2.65. The fourth-order valence-corrected chi connectivity index (χ4v) is 4.86. The number of sulfonamides is 1. The quantitative estimate of drug-likeness (QED) is 0.328. The van der Waals surface area contributed by atoms with Gasteiger partial charge in [-0.3, -0.25) is 14.4 Å². The molecule has 0 amide bonds. The van der Waals surface area contributed by atoms with E-state index in [9.17, 15) is 22.8 Å². The van der Waals surface area contributed by atoms with Crippen LogP contribution in [0.2, 0.25) is 0 Å². The molecule has 0 aliphatic carbocycles. The third kappa shape index (κ3) is 7.76. The summed E-state index contributed by atoms with van der Waals surface area (Å²) in [7, 11) is -3.96. The minimum Gasteiger partial charge on any atom is -0.463 e. The zero-order valence-electron chi connectivity index (χ0n) is 17.1. The number of hydrogen-bond donors (Lipinski definition) is 1. The largest absolute Gasteiger partial charge is 0.463 e. The summed E-state index contributed by atoms with van der Waals surface area (Å²) in [5.41, 5.74) is -0.798. The highest BCUT2D eigenvalue weighted by Gasteiger charge is 2.51. The van der Waals surface area contributed by atoms with Crippen molar-refractivity contribution >= 4 is 39.5 Å². The number of halogens is 1. The highest BCUT2D eigenvalue weighted by atomic mass is 35.5. The summed E-state index contributed by atoms with van der Waals surface area (Å²) < 4.78 is 48.8. The van der Waals surface area contributed by atoms with Crippen molar-refractivity contribution in [1.82, 2.24) is 4.72 Å². The van der Waals surface area contributed by atoms with Gasteiger partial charge in [0.1, 0.15) is 18.8 Å². The van der Waals surface area contributed by atoms with Gasteiger partial charge in [-0.1, -0.05) is 41.9 Å². The number of carbonyl (C=O) groups is 3. The van der Waals surface area contributed by atoms with Crippen LogP contribution in [0.1, 0.15) is 26.3 Å². The predicted molar refractivity (Wildman–Crippen MR) is 108 cm³/mol. The average molecular weight is 478 g/mol. The molecule has 0 aromatic heterocycles. The highest BCUT2D eigenvalue weighted by molar-refractivity contribution is 7.88. The minimum absolute atomic E-state index is 0.349. The number of nitrogens with one attached hydrogen (secondary N) is 1. The lowest BCUT2D eigenvalue weighted by atomic mass is 9.98. The lowest BCUT2D eigenvalue weighted by molar-refractivity contribution is -0.211. The molecule has 2 rings (SSSR count). The van der Waals surface area contributed by atoms with Gasteiger partial charge < -0.3 is 18.9 Å². The molecule has 0 radical (unpaired) electrons. The smallest absolute Gasteiger partial charge is 0.303 e. The first-order valence-electron chi connectivity index (χ1n) is 9.30. The Labute approximate surface area is 185 Å². The van der Waals surface area contributed by atoms with Gasteiger partial charge >= 0.3 is 17.9 Å². The van der Waals surface area contributed by atoms with Gasteiger partial charge in [-0.25, -0.2) is 13.1 Å². The topological polar surface area (TPSA) is 134 Å². The molecule has 10 nitrogen and oxygen atoms in total. The molecule has 0 bridgehead atoms. The van der Waals surface area contributed by atoms with Crippen molar-refractivity contribution in [3.05, 3.63) is 35.9 Å². The van der Waals surface area contributed by atoms with Crippen LogP contribution < -0.4 is 4.72 Å². The molecule has 0 saturated carbocycles. The van der Waals surface area contributed by atoms with Gasteiger partial charge in [0.2, 0.25) is 10.0 Å². The molecule has 1 fully saturated rings. The standard InChI is InChI=1S/C19H24ClNO9S/c1-11(22)27-9-15-17(28-12(2)23)18(29-13(3)24)16(19(20)30-15)21-31(25,26)10-14-7-5-4-6-8-14/h4-8,15-19,21H,9-10H2,1-3H3. The Morgan fingerprint density at radius 2 is 1.58 bits per heavy atom. The first-order valence-corrected chi connectivity index (χ1v) is 11.4. The third-order valence-electron chi connectivity index (χ3n) is 4.20. The second-order valence-electron chi connectivity index (χ2n) is 6.86. The number of alkyl halides is 1. The SMILES string of the molecule is CC(=O)OCC1OC(Cl)C(NS(=O)(=O)Cc2ccccc2)C(OC(C)=O)C1OC(C)=O. The third-order valence-corrected chi connectivity index (χ3v) is 5.92. The Hall–Kier alpha value is -2.21. The Kier molecular flexibility index (Phi) is 8.80. The van der Waals surface area contributed by atoms with Crippen LogP contribution in [-0.2, 0) is 49.1 Å². The van der Waals surface area contributed by atoms with Crippen LogP contribution in [-0.4, -0.2) is 62.8 Å². The van der Waals surface area contributed by atoms with Crippen LogP contribution in [0.4, 0.5) is 0 Å². The number of benzene rings is 1. The van der Waals surface area contributed by atoms with Gasteiger partial charge in [0.05, 0.1) is 5.75 Å². The molecule has 1 aromatic rings. The monoisotopic (exact) mass is 477 g/mol. The van der Waals surface area contributed by atoms with Gasteiger partial charge in [-0.2, -0.15) is 0 Å². The van der Waals surface area contributed by atoms with E-state index in [4.69, 9.17) is 30.5 Å². The fraction of sp³-hybridized carbons (Fsp3) is 0.526. The fourth-order valence-electron chi connectivity index (χ4n) is 3.06. The first-order chi connectivity index (χ1) is 14.5. The van der Waals surface area contributed by atoms with Crippen molar-refractivity contribution in [3.8, 4) is 0 Å². The summed E-state index contributed by atoms with van der Waals surface area (Å²) in [6, 6.07) is 7.12. The summed E-state index contributed by atoms with van der Waals surface area (Å²) in [6.07, 6.45) is -3.70. The molecule has 1 aromatic carbocycles. The van der Waals surface area contributed by atoms with Crippen LogP contribution in [0.3, 0.4) is 0 Å². The van der Waals surface area contributed by atoms with E-state index in [2.05, 4.69) is 4.72 Å². The van der Waals surface area contributed by atoms with Crippen molar-refractivity contribution in [2.45, 2.75) is 56.4 Å². The number of carbonyl (C=O) groups excluding carboxylic acids is 3. The molecule has 172 valence electrons. The van der Waals surface area contributed by atoms with Crippen molar-refractivity contribution in [1.29, 1.82) is 0 Å². The van der Waals surface area contributed by atoms with E-state index < -0.39 is 57.8 Å². The molecular formula is C19H24ClNO9S. The van der Waals surface area contributed by atoms with Crippen LogP contribution >= 0.6 is 11.6 Å². The summed E-state index contributed by atoms with van der Waals surface area (Å²) in [4.78, 5) is 34.5. The molecule has 1 N–H and O–H groups in total. The Bertz CT molecular complexity index is 893. The summed E-state index contributed by atoms with van der Waals surface area (Å²) in [6.45, 7) is 3.05. The zero-order chi connectivity index (χ0) is 23.2. The van der Waals surface area contributed by atoms with E-state index in [1.165, 1.54) is 6.92 Å².